The molecule has 1 saturated carbocycles. The third kappa shape index (κ3) is 7.30. The van der Waals surface area contributed by atoms with Crippen molar-refractivity contribution in [2.24, 2.45) is 17.2 Å². The highest BCUT2D eigenvalue weighted by Crippen LogP contribution is 2.32. The van der Waals surface area contributed by atoms with Crippen LogP contribution in [0.4, 0.5) is 0 Å². The lowest BCUT2D eigenvalue weighted by Gasteiger charge is -2.49. The van der Waals surface area contributed by atoms with Gasteiger partial charge in [0, 0.05) is 44.3 Å². The van der Waals surface area contributed by atoms with Gasteiger partial charge in [-0.2, -0.15) is 0 Å². The molecule has 14 N–H and O–H groups in total. The lowest BCUT2D eigenvalue weighted by atomic mass is 9.83. The maximum Gasteiger partial charge on any atom is 0.215 e. The van der Waals surface area contributed by atoms with E-state index in [1.807, 2.05) is 6.08 Å². The van der Waals surface area contributed by atoms with Gasteiger partial charge in [0.05, 0.1) is 31.3 Å². The molecule has 2 unspecified atom stereocenters. The number of rotatable bonds is 12. The second-order valence-electron chi connectivity index (χ2n) is 11.5. The molecule has 0 bridgehead atoms. The van der Waals surface area contributed by atoms with E-state index in [9.17, 15) is 20.4 Å². The van der Waals surface area contributed by atoms with Crippen molar-refractivity contribution in [1.82, 2.24) is 21.3 Å². The average molecular weight is 576 g/mol. The summed E-state index contributed by atoms with van der Waals surface area (Å²) in [6.07, 6.45) is -4.18. The first-order valence-corrected chi connectivity index (χ1v) is 14.2. The first-order valence-electron chi connectivity index (χ1n) is 14.2. The fourth-order valence-corrected chi connectivity index (χ4v) is 5.80. The van der Waals surface area contributed by atoms with Gasteiger partial charge in [-0.1, -0.05) is 0 Å². The normalized spacial score (nSPS) is 43.5. The summed E-state index contributed by atoms with van der Waals surface area (Å²) < 4.78 is 24.3. The number of likely N-dealkylation sites (N-methyl/N-ethyl adjacent to an activating group) is 1. The molecule has 3 fully saturated rings. The summed E-state index contributed by atoms with van der Waals surface area (Å²) in [6.45, 7) is 3.55. The quantitative estimate of drug-likeness (QED) is 0.104. The molecule has 15 heteroatoms. The predicted octanol–water partition coefficient (Wildman–Crippen LogP) is -5.30. The molecule has 3 aliphatic heterocycles. The summed E-state index contributed by atoms with van der Waals surface area (Å²) in [5.74, 6) is 0.598. The van der Waals surface area contributed by atoms with Crippen molar-refractivity contribution in [1.29, 1.82) is 0 Å². The molecule has 15 nitrogen and oxygen atoms in total. The Kier molecular flexibility index (Phi) is 11.1. The molecule has 0 spiro atoms. The molecule has 12 atom stereocenters. The number of ether oxygens (including phenoxy) is 4. The van der Waals surface area contributed by atoms with Crippen LogP contribution in [0.1, 0.15) is 19.8 Å². The zero-order valence-electron chi connectivity index (χ0n) is 23.3. The van der Waals surface area contributed by atoms with Gasteiger partial charge in [0.25, 0.3) is 0 Å². The number of nitrogens with one attached hydrogen (secondary N) is 4. The molecule has 40 heavy (non-hydrogen) atoms. The molecular weight excluding hydrogens is 526 g/mol. The number of aliphatic hydroxyl groups excluding tert-OH is 3. The molecule has 0 aromatic carbocycles. The summed E-state index contributed by atoms with van der Waals surface area (Å²) in [5, 5.41) is 56.1. The van der Waals surface area contributed by atoms with Gasteiger partial charge in [-0.05, 0) is 32.9 Å². The van der Waals surface area contributed by atoms with Crippen molar-refractivity contribution in [3.8, 4) is 0 Å². The lowest BCUT2D eigenvalue weighted by Crippen LogP contribution is -2.69. The fourth-order valence-electron chi connectivity index (χ4n) is 5.80. The van der Waals surface area contributed by atoms with Gasteiger partial charge in [-0.15, -0.1) is 0 Å². The van der Waals surface area contributed by atoms with Crippen LogP contribution in [0.15, 0.2) is 11.8 Å². The number of nitrogens with two attached hydrogens (primary N) is 3. The summed E-state index contributed by atoms with van der Waals surface area (Å²) in [6, 6.07) is -1.79. The lowest BCUT2D eigenvalue weighted by molar-refractivity contribution is -0.304. The van der Waals surface area contributed by atoms with E-state index < -0.39 is 66.8 Å². The predicted molar refractivity (Wildman–Crippen MR) is 145 cm³/mol. The topological polar surface area (TPSA) is 244 Å². The summed E-state index contributed by atoms with van der Waals surface area (Å²) in [7, 11) is 1.62. The second kappa shape index (κ2) is 14.0. The average Bonchev–Trinajstić information content (AvgIpc) is 2.90. The minimum absolute atomic E-state index is 0.0515. The van der Waals surface area contributed by atoms with Crippen molar-refractivity contribution in [3.63, 3.8) is 0 Å². The zero-order chi connectivity index (χ0) is 29.0. The van der Waals surface area contributed by atoms with Crippen molar-refractivity contribution in [2.75, 3.05) is 46.4 Å². The van der Waals surface area contributed by atoms with E-state index in [0.717, 1.165) is 13.1 Å². The first-order chi connectivity index (χ1) is 19.1. The van der Waals surface area contributed by atoms with E-state index >= 15 is 0 Å². The van der Waals surface area contributed by atoms with E-state index in [2.05, 4.69) is 21.3 Å². The fraction of sp³-hybridized carbons (Fsp3) is 0.920. The molecule has 232 valence electrons. The van der Waals surface area contributed by atoms with Gasteiger partial charge in [-0.3, -0.25) is 0 Å². The summed E-state index contributed by atoms with van der Waals surface area (Å²) >= 11 is 0. The van der Waals surface area contributed by atoms with Crippen molar-refractivity contribution >= 4 is 0 Å². The monoisotopic (exact) mass is 575 g/mol. The molecule has 0 aromatic heterocycles. The summed E-state index contributed by atoms with van der Waals surface area (Å²) in [5.41, 5.74) is 16.6. The van der Waals surface area contributed by atoms with E-state index in [0.29, 0.717) is 18.6 Å². The van der Waals surface area contributed by atoms with Crippen LogP contribution in [0.5, 0.6) is 0 Å². The third-order valence-corrected chi connectivity index (χ3v) is 8.26. The largest absolute Gasteiger partial charge is 0.467 e. The summed E-state index contributed by atoms with van der Waals surface area (Å²) in [4.78, 5) is 0. The number of aliphatic hydroxyl groups is 4. The maximum absolute atomic E-state index is 11.6. The van der Waals surface area contributed by atoms with Crippen molar-refractivity contribution in [2.45, 2.75) is 98.7 Å². The Hall–Kier alpha value is -1.02. The van der Waals surface area contributed by atoms with Crippen LogP contribution in [0.25, 0.3) is 0 Å². The standard InChI is InChI=1S/C25H49N7O8/c1-25(36)11-37-24(19(35)22(25)29-2)40-21-17(31-10-13(33)6-26)5-15(28)20(18(21)34)39-23-16(32-12-8-30-9-12)4-3-14(7-27)38-23/h3,12-13,15-24,29-36H,4-11,26-28H2,1-2H3/t13?,15-,16+,17+,18-,19+,20?,21-,22+,23+,24+,25-/m0/s1. The Balaban J connectivity index is 1.51. The maximum atomic E-state index is 11.6. The highest BCUT2D eigenvalue weighted by Gasteiger charge is 2.51. The Morgan fingerprint density at radius 1 is 1.15 bits per heavy atom. The minimum atomic E-state index is -1.33. The Morgan fingerprint density at radius 3 is 2.50 bits per heavy atom. The van der Waals surface area contributed by atoms with Gasteiger partial charge in [-0.25, -0.2) is 0 Å². The Bertz CT molecular complexity index is 837. The molecule has 3 heterocycles. The SMILES string of the molecule is CN[C@@H]1[C@@H](O)[C@@H](O[C@H]2[C@H](NCC(O)CN)C[C@H](N)C(O[C@H]3OC(CN)=CC[C@H]3NC3CNC3)[C@@H]2O)OC[C@]1(C)O. The molecule has 2 saturated heterocycles. The zero-order valence-corrected chi connectivity index (χ0v) is 23.3. The molecule has 4 rings (SSSR count). The van der Waals surface area contributed by atoms with Crippen LogP contribution in [-0.4, -0.2) is 146 Å². The molecular formula is C25H49N7O8. The van der Waals surface area contributed by atoms with Crippen LogP contribution >= 0.6 is 0 Å². The van der Waals surface area contributed by atoms with E-state index in [4.69, 9.17) is 36.1 Å². The molecule has 0 radical (unpaired) electrons. The van der Waals surface area contributed by atoms with E-state index in [1.165, 1.54) is 0 Å². The first kappa shape index (κ1) is 31.9. The Morgan fingerprint density at radius 2 is 1.88 bits per heavy atom. The van der Waals surface area contributed by atoms with Gasteiger partial charge in [0.15, 0.2) is 6.29 Å². The van der Waals surface area contributed by atoms with Crippen LogP contribution < -0.4 is 38.5 Å². The van der Waals surface area contributed by atoms with Crippen molar-refractivity contribution < 1.29 is 39.4 Å². The molecule has 1 aliphatic carbocycles. The highest BCUT2D eigenvalue weighted by molar-refractivity contribution is 5.06. The Labute approximate surface area is 235 Å². The number of hydrogen-bond acceptors (Lipinski definition) is 15. The minimum Gasteiger partial charge on any atom is -0.467 e. The van der Waals surface area contributed by atoms with Gasteiger partial charge < -0.3 is 77.8 Å². The van der Waals surface area contributed by atoms with E-state index in [-0.39, 0.29) is 38.3 Å². The highest BCUT2D eigenvalue weighted by atomic mass is 16.7. The third-order valence-electron chi connectivity index (χ3n) is 8.26. The number of hydrogen-bond donors (Lipinski definition) is 11. The van der Waals surface area contributed by atoms with Crippen LogP contribution in [0.3, 0.4) is 0 Å². The molecule has 0 amide bonds. The van der Waals surface area contributed by atoms with Crippen molar-refractivity contribution in [3.05, 3.63) is 11.8 Å². The molecule has 0 aromatic rings. The van der Waals surface area contributed by atoms with Gasteiger partial charge in [0.1, 0.15) is 35.8 Å². The van der Waals surface area contributed by atoms with Gasteiger partial charge in [0.2, 0.25) is 6.29 Å². The van der Waals surface area contributed by atoms with Crippen LogP contribution in [0, 0.1) is 0 Å². The molecule has 4 aliphatic rings. The van der Waals surface area contributed by atoms with Crippen LogP contribution in [0.2, 0.25) is 0 Å². The van der Waals surface area contributed by atoms with Gasteiger partial charge >= 0.3 is 0 Å². The second-order valence-corrected chi connectivity index (χ2v) is 11.5. The smallest absolute Gasteiger partial charge is 0.215 e. The van der Waals surface area contributed by atoms with Crippen LogP contribution in [-0.2, 0) is 18.9 Å². The van der Waals surface area contributed by atoms with E-state index in [1.54, 1.807) is 14.0 Å².